The highest BCUT2D eigenvalue weighted by atomic mass is 79.9. The first-order valence-corrected chi connectivity index (χ1v) is 7.99. The number of carbonyl (C=O) groups excluding carboxylic acids is 1. The molecular weight excluding hydrogens is 387 g/mol. The Morgan fingerprint density at radius 3 is 2.90 bits per heavy atom. The largest absolute Gasteiger partial charge is 0.461 e. The molecule has 0 aliphatic heterocycles. The predicted octanol–water partition coefficient (Wildman–Crippen LogP) is 5.13. The fraction of sp³-hybridized carbons (Fsp3) is 0.167. The minimum atomic E-state index is -0.447. The molecule has 4 nitrogen and oxygen atoms in total. The predicted molar refractivity (Wildman–Crippen MR) is 85.5 cm³/mol. The van der Waals surface area contributed by atoms with Crippen LogP contribution in [-0.2, 0) is 4.74 Å². The van der Waals surface area contributed by atoms with Crippen LogP contribution in [0.15, 0.2) is 22.0 Å². The first-order chi connectivity index (χ1) is 9.52. The van der Waals surface area contributed by atoms with Gasteiger partial charge in [0.25, 0.3) is 0 Å². The zero-order valence-electron chi connectivity index (χ0n) is 10.2. The van der Waals surface area contributed by atoms with Gasteiger partial charge in [0.2, 0.25) is 0 Å². The van der Waals surface area contributed by atoms with E-state index in [1.165, 1.54) is 11.3 Å². The summed E-state index contributed by atoms with van der Waals surface area (Å²) in [6.45, 7) is 2.06. The van der Waals surface area contributed by atoms with Crippen LogP contribution in [-0.4, -0.2) is 17.6 Å². The summed E-state index contributed by atoms with van der Waals surface area (Å²) in [6.07, 6.45) is 0. The van der Waals surface area contributed by atoms with Crippen molar-refractivity contribution in [3.63, 3.8) is 0 Å². The molecule has 8 heteroatoms. The quantitative estimate of drug-likeness (QED) is 0.575. The normalized spacial score (nSPS) is 10.4. The highest BCUT2D eigenvalue weighted by Gasteiger charge is 2.13. The van der Waals surface area contributed by atoms with Crippen LogP contribution in [0.4, 0.5) is 10.8 Å². The molecule has 0 unspecified atom stereocenters. The molecule has 106 valence electrons. The van der Waals surface area contributed by atoms with Crippen LogP contribution >= 0.6 is 50.5 Å². The van der Waals surface area contributed by atoms with Gasteiger partial charge in [0.1, 0.15) is 0 Å². The molecule has 1 aromatic carbocycles. The number of ether oxygens (including phenoxy) is 1. The van der Waals surface area contributed by atoms with Crippen LogP contribution in [0.2, 0.25) is 10.0 Å². The highest BCUT2D eigenvalue weighted by molar-refractivity contribution is 9.10. The van der Waals surface area contributed by atoms with E-state index in [2.05, 4.69) is 26.2 Å². The first kappa shape index (κ1) is 15.6. The van der Waals surface area contributed by atoms with E-state index >= 15 is 0 Å². The van der Waals surface area contributed by atoms with Crippen molar-refractivity contribution in [3.8, 4) is 0 Å². The Hall–Kier alpha value is -0.820. The van der Waals surface area contributed by atoms with Gasteiger partial charge < -0.3 is 10.1 Å². The van der Waals surface area contributed by atoms with Crippen molar-refractivity contribution in [1.82, 2.24) is 4.98 Å². The molecule has 20 heavy (non-hydrogen) atoms. The minimum absolute atomic E-state index is 0.263. The van der Waals surface area contributed by atoms with Crippen LogP contribution in [0.25, 0.3) is 0 Å². The third-order valence-electron chi connectivity index (χ3n) is 2.27. The molecule has 0 aliphatic carbocycles. The second kappa shape index (κ2) is 6.76. The van der Waals surface area contributed by atoms with Gasteiger partial charge >= 0.3 is 5.97 Å². The summed E-state index contributed by atoms with van der Waals surface area (Å²) in [5.74, 6) is -0.447. The average Bonchev–Trinajstić information content (AvgIpc) is 2.88. The second-order valence-electron chi connectivity index (χ2n) is 3.61. The Kier molecular flexibility index (Phi) is 5.26. The van der Waals surface area contributed by atoms with Crippen molar-refractivity contribution in [3.05, 3.63) is 37.7 Å². The first-order valence-electron chi connectivity index (χ1n) is 5.56. The number of aromatic nitrogens is 1. The molecule has 1 heterocycles. The Morgan fingerprint density at radius 2 is 2.20 bits per heavy atom. The van der Waals surface area contributed by atoms with Crippen molar-refractivity contribution in [2.24, 2.45) is 0 Å². The number of hydrogen-bond donors (Lipinski definition) is 1. The molecule has 0 atom stereocenters. The number of nitrogens with one attached hydrogen (secondary N) is 1. The summed E-state index contributed by atoms with van der Waals surface area (Å²) in [5, 5.41) is 5.97. The maximum atomic E-state index is 11.5. The van der Waals surface area contributed by atoms with E-state index in [4.69, 9.17) is 27.9 Å². The van der Waals surface area contributed by atoms with Gasteiger partial charge in [0, 0.05) is 9.85 Å². The van der Waals surface area contributed by atoms with Crippen LogP contribution < -0.4 is 5.32 Å². The average molecular weight is 396 g/mol. The molecule has 1 N–H and O–H groups in total. The molecule has 0 amide bonds. The summed E-state index contributed by atoms with van der Waals surface area (Å²) in [6, 6.07) is 3.54. The number of carbonyl (C=O) groups is 1. The lowest BCUT2D eigenvalue weighted by molar-refractivity contribution is 0.0520. The van der Waals surface area contributed by atoms with Crippen molar-refractivity contribution >= 4 is 67.3 Å². The lowest BCUT2D eigenvalue weighted by Gasteiger charge is -2.07. The smallest absolute Gasteiger partial charge is 0.357 e. The summed E-state index contributed by atoms with van der Waals surface area (Å²) >= 11 is 16.7. The van der Waals surface area contributed by atoms with Crippen LogP contribution in [0.5, 0.6) is 0 Å². The lowest BCUT2D eigenvalue weighted by Crippen LogP contribution is -2.05. The van der Waals surface area contributed by atoms with Gasteiger partial charge in [-0.2, -0.15) is 0 Å². The SMILES string of the molecule is CCOC(=O)c1csc(Nc2ccc(Br)c(Cl)c2Cl)n1. The zero-order valence-corrected chi connectivity index (χ0v) is 14.2. The number of rotatable bonds is 4. The van der Waals surface area contributed by atoms with Crippen molar-refractivity contribution in [2.45, 2.75) is 6.92 Å². The van der Waals surface area contributed by atoms with Gasteiger partial charge in [-0.15, -0.1) is 11.3 Å². The van der Waals surface area contributed by atoms with Gasteiger partial charge in [-0.3, -0.25) is 0 Å². The molecule has 0 saturated heterocycles. The molecule has 0 aliphatic rings. The minimum Gasteiger partial charge on any atom is -0.461 e. The molecule has 2 rings (SSSR count). The summed E-state index contributed by atoms with van der Waals surface area (Å²) < 4.78 is 5.58. The van der Waals surface area contributed by atoms with Crippen LogP contribution in [0.1, 0.15) is 17.4 Å². The topological polar surface area (TPSA) is 51.2 Å². The summed E-state index contributed by atoms with van der Waals surface area (Å²) in [7, 11) is 0. The number of esters is 1. The zero-order chi connectivity index (χ0) is 14.7. The Labute approximate surface area is 138 Å². The number of nitrogens with zero attached hydrogens (tertiary/aromatic N) is 1. The number of benzene rings is 1. The van der Waals surface area contributed by atoms with Gasteiger partial charge in [0.05, 0.1) is 22.3 Å². The third kappa shape index (κ3) is 3.44. The van der Waals surface area contributed by atoms with E-state index in [-0.39, 0.29) is 5.69 Å². The molecule has 0 bridgehead atoms. The van der Waals surface area contributed by atoms with Gasteiger partial charge in [0.15, 0.2) is 10.8 Å². The molecule has 0 fully saturated rings. The van der Waals surface area contributed by atoms with Gasteiger partial charge in [-0.1, -0.05) is 23.2 Å². The Bertz CT molecular complexity index is 648. The number of anilines is 2. The Morgan fingerprint density at radius 1 is 1.45 bits per heavy atom. The van der Waals surface area contributed by atoms with Crippen LogP contribution in [0, 0.1) is 0 Å². The standard InChI is InChI=1S/C12H9BrCl2N2O2S/c1-2-19-11(18)8-5-20-12(17-8)16-7-4-3-6(13)9(14)10(7)15/h3-5H,2H2,1H3,(H,16,17). The van der Waals surface area contributed by atoms with Crippen LogP contribution in [0.3, 0.4) is 0 Å². The monoisotopic (exact) mass is 394 g/mol. The fourth-order valence-corrected chi connectivity index (χ4v) is 2.88. The maximum absolute atomic E-state index is 11.5. The fourth-order valence-electron chi connectivity index (χ4n) is 1.37. The molecule has 0 spiro atoms. The molecular formula is C12H9BrCl2N2O2S. The summed E-state index contributed by atoms with van der Waals surface area (Å²) in [4.78, 5) is 15.7. The van der Waals surface area contributed by atoms with E-state index < -0.39 is 5.97 Å². The number of hydrogen-bond acceptors (Lipinski definition) is 5. The van der Waals surface area contributed by atoms with Gasteiger partial charge in [-0.05, 0) is 35.0 Å². The van der Waals surface area contributed by atoms with Gasteiger partial charge in [-0.25, -0.2) is 9.78 Å². The lowest BCUT2D eigenvalue weighted by atomic mass is 10.3. The molecule has 0 saturated carbocycles. The Balaban J connectivity index is 2.19. The molecule has 2 aromatic rings. The van der Waals surface area contributed by atoms with Crippen molar-refractivity contribution in [1.29, 1.82) is 0 Å². The second-order valence-corrected chi connectivity index (χ2v) is 6.07. The highest BCUT2D eigenvalue weighted by Crippen LogP contribution is 2.37. The van der Waals surface area contributed by atoms with E-state index in [0.717, 1.165) is 0 Å². The number of thiazole rings is 1. The van der Waals surface area contributed by atoms with E-state index in [9.17, 15) is 4.79 Å². The summed E-state index contributed by atoms with van der Waals surface area (Å²) in [5.41, 5.74) is 0.878. The molecule has 0 radical (unpaired) electrons. The molecule has 1 aromatic heterocycles. The maximum Gasteiger partial charge on any atom is 0.357 e. The van der Waals surface area contributed by atoms with E-state index in [0.29, 0.717) is 31.9 Å². The number of halogens is 3. The third-order valence-corrected chi connectivity index (χ3v) is 4.79. The van der Waals surface area contributed by atoms with E-state index in [1.807, 2.05) is 0 Å². The van der Waals surface area contributed by atoms with E-state index in [1.54, 1.807) is 24.4 Å². The van der Waals surface area contributed by atoms with Crippen molar-refractivity contribution in [2.75, 3.05) is 11.9 Å². The van der Waals surface area contributed by atoms with Crippen molar-refractivity contribution < 1.29 is 9.53 Å².